The second-order valence-corrected chi connectivity index (χ2v) is 10.5. The molecule has 1 amide bonds. The summed E-state index contributed by atoms with van der Waals surface area (Å²) in [5.41, 5.74) is 2.38. The molecule has 184 valence electrons. The number of anilines is 1. The molecule has 1 aliphatic heterocycles. The van der Waals surface area contributed by atoms with Crippen LogP contribution in [0.1, 0.15) is 70.6 Å². The van der Waals surface area contributed by atoms with Crippen LogP contribution in [0.25, 0.3) is 0 Å². The van der Waals surface area contributed by atoms with E-state index in [0.717, 1.165) is 29.9 Å². The fourth-order valence-corrected chi connectivity index (χ4v) is 3.91. The summed E-state index contributed by atoms with van der Waals surface area (Å²) in [6.45, 7) is 14.5. The number of rotatable bonds is 6. The van der Waals surface area contributed by atoms with Gasteiger partial charge in [0.15, 0.2) is 11.7 Å². The van der Waals surface area contributed by atoms with Gasteiger partial charge in [-0.25, -0.2) is 9.79 Å². The number of hydrogen-bond donors (Lipinski definition) is 3. The van der Waals surface area contributed by atoms with Crippen LogP contribution in [0.2, 0.25) is 0 Å². The second kappa shape index (κ2) is 8.90. The number of carbonyl (C=O) groups excluding carboxylic acids is 1. The zero-order valence-corrected chi connectivity index (χ0v) is 20.8. The van der Waals surface area contributed by atoms with Gasteiger partial charge in [-0.2, -0.15) is 10.2 Å². The van der Waals surface area contributed by atoms with Crippen molar-refractivity contribution in [2.24, 2.45) is 18.0 Å². The Morgan fingerprint density at radius 2 is 2.15 bits per heavy atom. The average molecular weight is 470 g/mol. The van der Waals surface area contributed by atoms with Crippen molar-refractivity contribution in [1.29, 1.82) is 0 Å². The number of amides is 1. The molecule has 10 nitrogen and oxygen atoms in total. The van der Waals surface area contributed by atoms with Crippen molar-refractivity contribution in [3.63, 3.8) is 0 Å². The highest BCUT2D eigenvalue weighted by Gasteiger charge is 2.42. The highest BCUT2D eigenvalue weighted by molar-refractivity contribution is 6.07. The highest BCUT2D eigenvalue weighted by Crippen LogP contribution is 2.37. The van der Waals surface area contributed by atoms with Crippen LogP contribution in [-0.2, 0) is 21.9 Å². The van der Waals surface area contributed by atoms with E-state index in [4.69, 9.17) is 9.47 Å². The average Bonchev–Trinajstić information content (AvgIpc) is 3.10. The Bertz CT molecular complexity index is 1090. The summed E-state index contributed by atoms with van der Waals surface area (Å²) in [5.74, 6) is 1.15. The molecular weight excluding hydrogens is 434 g/mol. The summed E-state index contributed by atoms with van der Waals surface area (Å²) < 4.78 is 13.4. The van der Waals surface area contributed by atoms with Crippen LogP contribution in [0.15, 0.2) is 29.9 Å². The highest BCUT2D eigenvalue weighted by atomic mass is 16.6. The summed E-state index contributed by atoms with van der Waals surface area (Å²) in [5, 5.41) is 18.3. The number of aromatic amines is 1. The van der Waals surface area contributed by atoms with Gasteiger partial charge in [-0.15, -0.1) is 0 Å². The molecule has 0 radical (unpaired) electrons. The number of alkyl carbamates (subject to hydrolysis) is 1. The molecule has 10 heteroatoms. The summed E-state index contributed by atoms with van der Waals surface area (Å²) in [7, 11) is 1.88. The fraction of sp³-hybridized carbons (Fsp3) is 0.583. The number of aromatic nitrogens is 4. The Hall–Kier alpha value is -3.14. The quantitative estimate of drug-likeness (QED) is 0.437. The number of nitrogens with zero attached hydrogens (tertiary/aromatic N) is 4. The Morgan fingerprint density at radius 3 is 2.76 bits per heavy atom. The molecule has 2 aromatic heterocycles. The van der Waals surface area contributed by atoms with Crippen LogP contribution < -0.4 is 10.6 Å². The standard InChI is InChI=1S/C24H35N7O3/c1-8-25-21(16-12-18(23(3,4)5)30-31(16)7)26-19-11-15(28-29-19)20-14(2)17(13-33-20)34-22(32)27-24(6)9-10-24/h8,11-12,14,17,20H,1,9-10,13H2,2-7H3,(H,27,32)(H2,25,26,28,29). The molecule has 3 heterocycles. The molecule has 3 unspecified atom stereocenters. The first-order valence-corrected chi connectivity index (χ1v) is 11.7. The number of nitrogens with one attached hydrogen (secondary N) is 3. The van der Waals surface area contributed by atoms with Crippen molar-refractivity contribution in [3.05, 3.63) is 42.0 Å². The van der Waals surface area contributed by atoms with Crippen LogP contribution in [0.4, 0.5) is 10.6 Å². The number of aryl methyl sites for hydroxylation is 1. The van der Waals surface area contributed by atoms with Crippen molar-refractivity contribution in [3.8, 4) is 0 Å². The van der Waals surface area contributed by atoms with E-state index in [0.29, 0.717) is 18.3 Å². The lowest BCUT2D eigenvalue weighted by Crippen LogP contribution is -2.38. The third-order valence-corrected chi connectivity index (χ3v) is 6.43. The van der Waals surface area contributed by atoms with E-state index < -0.39 is 0 Å². The topological polar surface area (TPSA) is 118 Å². The molecule has 3 N–H and O–H groups in total. The van der Waals surface area contributed by atoms with Crippen molar-refractivity contribution in [2.75, 3.05) is 11.9 Å². The van der Waals surface area contributed by atoms with E-state index in [9.17, 15) is 4.79 Å². The minimum absolute atomic E-state index is 0.0289. The van der Waals surface area contributed by atoms with Gasteiger partial charge >= 0.3 is 6.09 Å². The predicted octanol–water partition coefficient (Wildman–Crippen LogP) is 3.80. The maximum absolute atomic E-state index is 12.2. The number of H-pyrrole nitrogens is 1. The van der Waals surface area contributed by atoms with Gasteiger partial charge in [0.1, 0.15) is 17.9 Å². The van der Waals surface area contributed by atoms with Crippen LogP contribution in [0.3, 0.4) is 0 Å². The third-order valence-electron chi connectivity index (χ3n) is 6.43. The van der Waals surface area contributed by atoms with Gasteiger partial charge < -0.3 is 20.1 Å². The van der Waals surface area contributed by atoms with E-state index in [1.54, 1.807) is 4.68 Å². The largest absolute Gasteiger partial charge is 0.443 e. The molecule has 0 bridgehead atoms. The van der Waals surface area contributed by atoms with Crippen molar-refractivity contribution < 1.29 is 14.3 Å². The summed E-state index contributed by atoms with van der Waals surface area (Å²) in [6, 6.07) is 3.90. The Balaban J connectivity index is 1.43. The molecule has 3 atom stereocenters. The molecule has 1 saturated heterocycles. The van der Waals surface area contributed by atoms with Gasteiger partial charge in [0.2, 0.25) is 0 Å². The van der Waals surface area contributed by atoms with Crippen molar-refractivity contribution in [1.82, 2.24) is 25.3 Å². The summed E-state index contributed by atoms with van der Waals surface area (Å²) in [4.78, 5) is 16.6. The SMILES string of the molecule is C=CN=C(Nc1cc(C2OCC(OC(=O)NC3(C)CC3)C2C)[nH]n1)c1cc(C(C)(C)C)nn1C. The monoisotopic (exact) mass is 469 g/mol. The van der Waals surface area contributed by atoms with Gasteiger partial charge in [-0.3, -0.25) is 9.78 Å². The van der Waals surface area contributed by atoms with E-state index in [2.05, 4.69) is 58.3 Å². The normalized spacial score (nSPS) is 24.1. The van der Waals surface area contributed by atoms with E-state index >= 15 is 0 Å². The molecule has 34 heavy (non-hydrogen) atoms. The third kappa shape index (κ3) is 5.16. The number of hydrogen-bond acceptors (Lipinski definition) is 6. The molecule has 4 rings (SSSR count). The second-order valence-electron chi connectivity index (χ2n) is 10.5. The smallest absolute Gasteiger partial charge is 0.407 e. The molecule has 1 aliphatic carbocycles. The minimum atomic E-state index is -0.385. The van der Waals surface area contributed by atoms with E-state index in [-0.39, 0.29) is 35.2 Å². The molecular formula is C24H35N7O3. The zero-order chi connectivity index (χ0) is 24.7. The number of amidine groups is 1. The maximum atomic E-state index is 12.2. The summed E-state index contributed by atoms with van der Waals surface area (Å²) >= 11 is 0. The first-order chi connectivity index (χ1) is 16.0. The first-order valence-electron chi connectivity index (χ1n) is 11.7. The Labute approximate surface area is 200 Å². The number of ether oxygens (including phenoxy) is 2. The lowest BCUT2D eigenvalue weighted by Gasteiger charge is -2.19. The zero-order valence-electron chi connectivity index (χ0n) is 20.8. The van der Waals surface area contributed by atoms with Crippen LogP contribution in [0.5, 0.6) is 0 Å². The molecule has 1 saturated carbocycles. The lowest BCUT2D eigenvalue weighted by atomic mass is 9.92. The summed E-state index contributed by atoms with van der Waals surface area (Å²) in [6.07, 6.45) is 2.48. The Kier molecular flexibility index (Phi) is 6.28. The van der Waals surface area contributed by atoms with Crippen molar-refractivity contribution in [2.45, 2.75) is 70.6 Å². The van der Waals surface area contributed by atoms with Gasteiger partial charge in [0.05, 0.1) is 18.0 Å². The number of carbonyl (C=O) groups is 1. The van der Waals surface area contributed by atoms with Gasteiger partial charge in [-0.05, 0) is 25.8 Å². The maximum Gasteiger partial charge on any atom is 0.407 e. The molecule has 0 aromatic carbocycles. The molecule has 2 aromatic rings. The van der Waals surface area contributed by atoms with Crippen LogP contribution in [0, 0.1) is 5.92 Å². The van der Waals surface area contributed by atoms with Crippen LogP contribution in [-0.4, -0.2) is 50.2 Å². The fourth-order valence-electron chi connectivity index (χ4n) is 3.91. The molecule has 0 spiro atoms. The lowest BCUT2D eigenvalue weighted by molar-refractivity contribution is 0.0667. The van der Waals surface area contributed by atoms with E-state index in [1.165, 1.54) is 6.20 Å². The van der Waals surface area contributed by atoms with Gasteiger partial charge in [-0.1, -0.05) is 34.3 Å². The molecule has 2 aliphatic rings. The predicted molar refractivity (Wildman–Crippen MR) is 130 cm³/mol. The number of aliphatic imine (C=N–C) groups is 1. The van der Waals surface area contributed by atoms with Crippen LogP contribution >= 0.6 is 0 Å². The molecule has 2 fully saturated rings. The minimum Gasteiger partial charge on any atom is -0.443 e. The first kappa shape index (κ1) is 24.0. The van der Waals surface area contributed by atoms with Crippen molar-refractivity contribution >= 4 is 17.7 Å². The van der Waals surface area contributed by atoms with E-state index in [1.807, 2.05) is 33.0 Å². The van der Waals surface area contributed by atoms with Gasteiger partial charge in [0, 0.05) is 36.2 Å². The van der Waals surface area contributed by atoms with Gasteiger partial charge in [0.25, 0.3) is 0 Å². The Morgan fingerprint density at radius 1 is 1.41 bits per heavy atom.